The molecule has 0 aromatic heterocycles. The standard InChI is InChI=1S/C23H16O6.C20H23NO4/c24-20-16(14-7-3-1-5-12(14)9-18(20)22(26)27)11-17-15-8-4-2-6-13(15)10-19(21(17)25)23(28)29;22-13-4-3-12-9-15-20(24)6-5-14(23)18-19(20,16(12)17(13)25-18)7-8-21(15)10-11-1-2-11/h1-10,24-25H,11H2,(H,26,27)(H,28,29);3-4,11,15,18,22,24H,1-2,5-10H2/t;15-,18+,19+,20-/m.1/s1. The molecule has 0 unspecified atom stereocenters. The number of piperidine rings is 1. The van der Waals surface area contributed by atoms with Gasteiger partial charge in [-0.05, 0) is 89.9 Å². The zero-order chi connectivity index (χ0) is 37.7. The molecule has 11 nitrogen and oxygen atoms in total. The van der Waals surface area contributed by atoms with E-state index >= 15 is 0 Å². The maximum absolute atomic E-state index is 12.7. The van der Waals surface area contributed by atoms with Crippen LogP contribution in [0, 0.1) is 5.92 Å². The van der Waals surface area contributed by atoms with Gasteiger partial charge in [0.1, 0.15) is 22.6 Å². The Kier molecular flexibility index (Phi) is 7.71. The normalized spacial score (nSPS) is 25.1. The number of hydrogen-bond donors (Lipinski definition) is 6. The van der Waals surface area contributed by atoms with Crippen LogP contribution in [0.25, 0.3) is 21.5 Å². The van der Waals surface area contributed by atoms with E-state index in [0.29, 0.717) is 51.3 Å². The summed E-state index contributed by atoms with van der Waals surface area (Å²) in [6.45, 7) is 1.95. The Morgan fingerprint density at radius 2 is 1.41 bits per heavy atom. The molecular weight excluding hydrogens is 690 g/mol. The van der Waals surface area contributed by atoms with Gasteiger partial charge in [-0.3, -0.25) is 9.69 Å². The third-order valence-electron chi connectivity index (χ3n) is 12.6. The second-order valence-electron chi connectivity index (χ2n) is 15.4. The van der Waals surface area contributed by atoms with E-state index in [1.165, 1.54) is 25.0 Å². The molecule has 5 aromatic carbocycles. The van der Waals surface area contributed by atoms with E-state index in [1.54, 1.807) is 54.6 Å². The van der Waals surface area contributed by atoms with Crippen molar-refractivity contribution in [2.45, 2.75) is 68.1 Å². The number of benzene rings is 5. The lowest BCUT2D eigenvalue weighted by atomic mass is 9.49. The Balaban J connectivity index is 0.000000143. The molecule has 1 spiro atoms. The van der Waals surface area contributed by atoms with Gasteiger partial charge in [0.25, 0.3) is 0 Å². The van der Waals surface area contributed by atoms with Crippen LogP contribution in [0.2, 0.25) is 0 Å². The fraction of sp³-hybridized carbons (Fsp3) is 0.326. The van der Waals surface area contributed by atoms with Crippen molar-refractivity contribution in [2.24, 2.45) is 5.92 Å². The van der Waals surface area contributed by atoms with Gasteiger partial charge in [0.2, 0.25) is 0 Å². The van der Waals surface area contributed by atoms with Crippen molar-refractivity contribution in [3.63, 3.8) is 0 Å². The van der Waals surface area contributed by atoms with E-state index in [-0.39, 0.29) is 35.1 Å². The maximum Gasteiger partial charge on any atom is 0.339 e. The number of rotatable bonds is 6. The molecule has 1 saturated heterocycles. The molecule has 3 aliphatic carbocycles. The maximum atomic E-state index is 12.7. The molecule has 0 radical (unpaired) electrons. The number of carboxylic acids is 2. The number of phenols is 3. The van der Waals surface area contributed by atoms with Gasteiger partial charge in [0.05, 0.1) is 11.0 Å². The number of ether oxygens (including phenoxy) is 1. The molecule has 54 heavy (non-hydrogen) atoms. The van der Waals surface area contributed by atoms with Crippen LogP contribution >= 0.6 is 0 Å². The predicted molar refractivity (Wildman–Crippen MR) is 198 cm³/mol. The summed E-state index contributed by atoms with van der Waals surface area (Å²) in [6.07, 6.45) is 4.29. The molecule has 6 N–H and O–H groups in total. The van der Waals surface area contributed by atoms with Crippen molar-refractivity contribution in [1.29, 1.82) is 0 Å². The summed E-state index contributed by atoms with van der Waals surface area (Å²) in [6, 6.07) is 20.5. The molecule has 10 rings (SSSR count). The molecule has 5 aliphatic rings. The van der Waals surface area contributed by atoms with Crippen molar-refractivity contribution >= 4 is 39.3 Å². The smallest absolute Gasteiger partial charge is 0.339 e. The van der Waals surface area contributed by atoms with Gasteiger partial charge in [-0.2, -0.15) is 0 Å². The molecule has 276 valence electrons. The first-order valence-electron chi connectivity index (χ1n) is 18.4. The first-order valence-corrected chi connectivity index (χ1v) is 18.4. The van der Waals surface area contributed by atoms with Crippen LogP contribution < -0.4 is 4.74 Å². The lowest BCUT2D eigenvalue weighted by Crippen LogP contribution is -2.76. The summed E-state index contributed by atoms with van der Waals surface area (Å²) < 4.78 is 6.04. The average molecular weight is 730 g/mol. The van der Waals surface area contributed by atoms with E-state index < -0.39 is 40.6 Å². The minimum atomic E-state index is -1.28. The number of carboxylic acid groups (broad SMARTS) is 2. The number of aliphatic hydroxyl groups is 1. The number of Topliss-reactive ketones (excluding diaryl/α,β-unsaturated/α-hetero) is 1. The monoisotopic (exact) mass is 729 g/mol. The SMILES string of the molecule is O=C(O)c1cc2ccccc2c(Cc2c(O)c(C(=O)O)cc3ccccc23)c1O.O=C1CC[C@@]2(O)[C@H]3Cc4ccc(O)c5c4[C@@]2(CCN3CC2CC2)[C@H]1O5. The van der Waals surface area contributed by atoms with Crippen molar-refractivity contribution in [3.05, 3.63) is 106 Å². The fourth-order valence-electron chi connectivity index (χ4n) is 9.95. The number of aromatic hydroxyl groups is 3. The number of nitrogens with zero attached hydrogens (tertiary/aromatic N) is 1. The van der Waals surface area contributed by atoms with E-state index in [1.807, 2.05) is 6.07 Å². The Morgan fingerprint density at radius 1 is 0.815 bits per heavy atom. The third kappa shape index (κ3) is 4.91. The highest BCUT2D eigenvalue weighted by molar-refractivity contribution is 6.02. The van der Waals surface area contributed by atoms with E-state index in [0.717, 1.165) is 43.0 Å². The number of hydrogen-bond acceptors (Lipinski definition) is 9. The van der Waals surface area contributed by atoms with Crippen molar-refractivity contribution in [3.8, 4) is 23.0 Å². The molecule has 2 bridgehead atoms. The van der Waals surface area contributed by atoms with Crippen LogP contribution in [0.5, 0.6) is 23.0 Å². The summed E-state index contributed by atoms with van der Waals surface area (Å²) in [5, 5.41) is 65.1. The summed E-state index contributed by atoms with van der Waals surface area (Å²) >= 11 is 0. The highest BCUT2D eigenvalue weighted by Crippen LogP contribution is 2.65. The van der Waals surface area contributed by atoms with Gasteiger partial charge >= 0.3 is 11.9 Å². The summed E-state index contributed by atoms with van der Waals surface area (Å²) in [5.74, 6) is -1.97. The van der Waals surface area contributed by atoms with Crippen LogP contribution in [0.1, 0.15) is 75.1 Å². The molecule has 5 aromatic rings. The Bertz CT molecular complexity index is 2340. The number of phenolic OH excluding ortho intramolecular Hbond substituents is 1. The molecule has 3 fully saturated rings. The van der Waals surface area contributed by atoms with Gasteiger partial charge in [-0.15, -0.1) is 0 Å². The number of ketones is 1. The van der Waals surface area contributed by atoms with E-state index in [2.05, 4.69) is 4.90 Å². The van der Waals surface area contributed by atoms with Crippen LogP contribution in [0.3, 0.4) is 0 Å². The molecule has 11 heteroatoms. The second-order valence-corrected chi connectivity index (χ2v) is 15.4. The summed E-state index contributed by atoms with van der Waals surface area (Å²) in [5.41, 5.74) is 0.565. The predicted octanol–water partition coefficient (Wildman–Crippen LogP) is 5.92. The largest absolute Gasteiger partial charge is 0.507 e. The molecule has 2 heterocycles. The van der Waals surface area contributed by atoms with Crippen LogP contribution in [0.4, 0.5) is 0 Å². The Labute approximate surface area is 309 Å². The number of aromatic carboxylic acids is 2. The second kappa shape index (κ2) is 12.2. The Morgan fingerprint density at radius 3 is 1.98 bits per heavy atom. The number of fused-ring (bicyclic) bond motifs is 2. The van der Waals surface area contributed by atoms with Crippen LogP contribution in [-0.4, -0.2) is 84.1 Å². The van der Waals surface area contributed by atoms with Crippen molar-refractivity contribution < 1.29 is 49.8 Å². The van der Waals surface area contributed by atoms with Gasteiger partial charge in [0.15, 0.2) is 23.4 Å². The van der Waals surface area contributed by atoms with Crippen LogP contribution in [0.15, 0.2) is 72.8 Å². The van der Waals surface area contributed by atoms with Crippen LogP contribution in [-0.2, 0) is 23.1 Å². The summed E-state index contributed by atoms with van der Waals surface area (Å²) in [4.78, 5) is 38.4. The number of carbonyl (C=O) groups is 3. The molecule has 4 atom stereocenters. The topological polar surface area (TPSA) is 185 Å². The lowest BCUT2D eigenvalue weighted by Gasteiger charge is -2.62. The minimum absolute atomic E-state index is 0.0407. The molecular formula is C43H39NO10. The molecule has 2 aliphatic heterocycles. The minimum Gasteiger partial charge on any atom is -0.507 e. The van der Waals surface area contributed by atoms with Gasteiger partial charge in [-0.25, -0.2) is 9.59 Å². The number of likely N-dealkylation sites (tertiary alicyclic amines) is 1. The van der Waals surface area contributed by atoms with E-state index in [4.69, 9.17) is 4.74 Å². The Hall–Kier alpha value is -5.65. The zero-order valence-electron chi connectivity index (χ0n) is 29.3. The molecule has 2 saturated carbocycles. The lowest BCUT2D eigenvalue weighted by molar-refractivity contribution is -0.188. The molecule has 0 amide bonds. The third-order valence-corrected chi connectivity index (χ3v) is 12.6. The summed E-state index contributed by atoms with van der Waals surface area (Å²) in [7, 11) is 0. The first kappa shape index (κ1) is 34.1. The zero-order valence-corrected chi connectivity index (χ0v) is 29.3. The average Bonchev–Trinajstić information content (AvgIpc) is 3.90. The van der Waals surface area contributed by atoms with Gasteiger partial charge < -0.3 is 35.4 Å². The quantitative estimate of drug-likeness (QED) is 0.122. The highest BCUT2D eigenvalue weighted by Gasteiger charge is 2.73. The van der Waals surface area contributed by atoms with Gasteiger partial charge in [0, 0.05) is 42.1 Å². The first-order chi connectivity index (χ1) is 25.9. The highest BCUT2D eigenvalue weighted by atomic mass is 16.5. The fourth-order valence-corrected chi connectivity index (χ4v) is 9.95. The van der Waals surface area contributed by atoms with Gasteiger partial charge in [-0.1, -0.05) is 54.6 Å². The van der Waals surface area contributed by atoms with E-state index in [9.17, 15) is 45.0 Å². The van der Waals surface area contributed by atoms with Crippen molar-refractivity contribution in [1.82, 2.24) is 4.90 Å². The van der Waals surface area contributed by atoms with Crippen molar-refractivity contribution in [2.75, 3.05) is 13.1 Å². The number of carbonyl (C=O) groups excluding carboxylic acids is 1.